The van der Waals surface area contributed by atoms with E-state index >= 15 is 0 Å². The molecule has 34 heavy (non-hydrogen) atoms. The molecule has 0 aromatic heterocycles. The predicted molar refractivity (Wildman–Crippen MR) is 125 cm³/mol. The zero-order valence-electron chi connectivity index (χ0n) is 18.1. The van der Waals surface area contributed by atoms with E-state index in [0.29, 0.717) is 28.0 Å². The van der Waals surface area contributed by atoms with Crippen LogP contribution in [0.1, 0.15) is 35.2 Å². The van der Waals surface area contributed by atoms with Crippen molar-refractivity contribution in [3.63, 3.8) is 0 Å². The van der Waals surface area contributed by atoms with Crippen LogP contribution < -0.4 is 15.4 Å². The van der Waals surface area contributed by atoms with Gasteiger partial charge in [0.1, 0.15) is 0 Å². The van der Waals surface area contributed by atoms with Crippen LogP contribution in [0.2, 0.25) is 0 Å². The van der Waals surface area contributed by atoms with E-state index in [0.717, 1.165) is 5.56 Å². The topological polar surface area (TPSA) is 138 Å². The van der Waals surface area contributed by atoms with Crippen LogP contribution in [0.25, 0.3) is 11.3 Å². The number of nitrogens with one attached hydrogen (secondary N) is 2. The van der Waals surface area contributed by atoms with Crippen molar-refractivity contribution in [1.29, 1.82) is 5.26 Å². The largest absolute Gasteiger partial charge is 0.500 e. The number of amides is 2. The van der Waals surface area contributed by atoms with E-state index in [1.54, 1.807) is 31.2 Å². The van der Waals surface area contributed by atoms with Crippen molar-refractivity contribution in [1.82, 2.24) is 10.6 Å². The fraction of sp³-hybridized carbons (Fsp3) is 0.120. The third-order valence-electron chi connectivity index (χ3n) is 5.34. The maximum Gasteiger partial charge on any atom is 0.320 e. The second kappa shape index (κ2) is 9.34. The van der Waals surface area contributed by atoms with Crippen LogP contribution in [0.3, 0.4) is 0 Å². The summed E-state index contributed by atoms with van der Waals surface area (Å²) < 4.78 is 5.43. The summed E-state index contributed by atoms with van der Waals surface area (Å²) in [4.78, 5) is 23.6. The van der Waals surface area contributed by atoms with Crippen molar-refractivity contribution in [2.24, 2.45) is 0 Å². The number of benzene rings is 3. The second-order valence-corrected chi connectivity index (χ2v) is 7.46. The Morgan fingerprint density at radius 1 is 1.12 bits per heavy atom. The molecule has 9 nitrogen and oxygen atoms in total. The molecule has 1 aliphatic heterocycles. The van der Waals surface area contributed by atoms with Gasteiger partial charge >= 0.3 is 11.7 Å². The lowest BCUT2D eigenvalue weighted by atomic mass is 9.87. The molecular formula is C25H20N4O5. The van der Waals surface area contributed by atoms with Gasteiger partial charge in [-0.25, -0.2) is 4.79 Å². The predicted octanol–water partition coefficient (Wildman–Crippen LogP) is 4.49. The van der Waals surface area contributed by atoms with Crippen molar-refractivity contribution >= 4 is 23.0 Å². The first kappa shape index (κ1) is 22.4. The minimum absolute atomic E-state index is 0.0640. The highest BCUT2D eigenvalue weighted by molar-refractivity contribution is 6.03. The summed E-state index contributed by atoms with van der Waals surface area (Å²) in [5.74, 6) is -0.651. The van der Waals surface area contributed by atoms with Crippen molar-refractivity contribution in [3.8, 4) is 17.6 Å². The highest BCUT2D eigenvalue weighted by atomic mass is 16.6. The molecule has 3 N–H and O–H groups in total. The Morgan fingerprint density at radius 2 is 1.85 bits per heavy atom. The molecule has 0 saturated heterocycles. The molecule has 0 spiro atoms. The lowest BCUT2D eigenvalue weighted by molar-refractivity contribution is -0.386. The van der Waals surface area contributed by atoms with Gasteiger partial charge in [-0.05, 0) is 41.8 Å². The minimum atomic E-state index is -0.837. The molecule has 1 atom stereocenters. The number of nitro groups is 1. The number of hydrogen-bond acceptors (Lipinski definition) is 6. The molecule has 0 saturated carbocycles. The van der Waals surface area contributed by atoms with Crippen LogP contribution in [0.15, 0.2) is 66.7 Å². The van der Waals surface area contributed by atoms with Crippen LogP contribution in [0.4, 0.5) is 10.5 Å². The van der Waals surface area contributed by atoms with E-state index < -0.39 is 28.4 Å². The second-order valence-electron chi connectivity index (χ2n) is 7.46. The minimum Gasteiger partial charge on any atom is -0.500 e. The maximum atomic E-state index is 12.7. The zero-order chi connectivity index (χ0) is 24.2. The average molecular weight is 456 g/mol. The number of rotatable bonds is 6. The zero-order valence-corrected chi connectivity index (χ0v) is 18.1. The number of nitro benzene ring substituents is 1. The summed E-state index contributed by atoms with van der Waals surface area (Å²) in [6.07, 6.45) is 0. The summed E-state index contributed by atoms with van der Waals surface area (Å²) in [6.45, 7) is 1.87. The third-order valence-corrected chi connectivity index (χ3v) is 5.34. The Kier molecular flexibility index (Phi) is 6.14. The van der Waals surface area contributed by atoms with Gasteiger partial charge in [0.05, 0.1) is 34.9 Å². The van der Waals surface area contributed by atoms with Gasteiger partial charge in [0, 0.05) is 11.6 Å². The number of nitriles is 1. The average Bonchev–Trinajstić information content (AvgIpc) is 2.85. The van der Waals surface area contributed by atoms with Gasteiger partial charge in [0.25, 0.3) is 0 Å². The SMILES string of the molecule is CCOc1cc(C2NC(=O)NC(c3ccccc3)=C2c2cccc(C#N)c2)cc([N+](=O)[O-])c1O. The van der Waals surface area contributed by atoms with Crippen molar-refractivity contribution < 1.29 is 19.6 Å². The third kappa shape index (κ3) is 4.25. The smallest absolute Gasteiger partial charge is 0.320 e. The lowest BCUT2D eigenvalue weighted by Gasteiger charge is -2.31. The Bertz CT molecular complexity index is 1350. The summed E-state index contributed by atoms with van der Waals surface area (Å²) in [5.41, 5.74) is 2.68. The summed E-state index contributed by atoms with van der Waals surface area (Å²) >= 11 is 0. The first-order chi connectivity index (χ1) is 16.4. The molecule has 0 bridgehead atoms. The molecule has 3 aromatic carbocycles. The molecule has 1 aliphatic rings. The van der Waals surface area contributed by atoms with Gasteiger partial charge in [0.15, 0.2) is 5.75 Å². The van der Waals surface area contributed by atoms with E-state index in [2.05, 4.69) is 16.7 Å². The van der Waals surface area contributed by atoms with Crippen LogP contribution in [-0.2, 0) is 0 Å². The Balaban J connectivity index is 2.01. The van der Waals surface area contributed by atoms with Gasteiger partial charge in [-0.3, -0.25) is 10.1 Å². The molecule has 3 aromatic rings. The van der Waals surface area contributed by atoms with Crippen LogP contribution >= 0.6 is 0 Å². The van der Waals surface area contributed by atoms with E-state index in [9.17, 15) is 25.3 Å². The normalized spacial score (nSPS) is 15.2. The quantitative estimate of drug-likeness (QED) is 0.369. The fourth-order valence-electron chi connectivity index (χ4n) is 3.90. The Hall–Kier alpha value is -4.84. The monoisotopic (exact) mass is 456 g/mol. The van der Waals surface area contributed by atoms with Crippen molar-refractivity contribution in [3.05, 3.63) is 99.1 Å². The van der Waals surface area contributed by atoms with Gasteiger partial charge < -0.3 is 20.5 Å². The highest BCUT2D eigenvalue weighted by Gasteiger charge is 2.33. The number of phenols is 1. The van der Waals surface area contributed by atoms with E-state index in [-0.39, 0.29) is 12.4 Å². The molecular weight excluding hydrogens is 436 g/mol. The van der Waals surface area contributed by atoms with E-state index in [1.165, 1.54) is 12.1 Å². The first-order valence-electron chi connectivity index (χ1n) is 10.4. The van der Waals surface area contributed by atoms with Crippen LogP contribution in [0.5, 0.6) is 11.5 Å². The van der Waals surface area contributed by atoms with E-state index in [4.69, 9.17) is 4.74 Å². The molecule has 4 rings (SSSR count). The van der Waals surface area contributed by atoms with Crippen LogP contribution in [-0.4, -0.2) is 22.7 Å². The molecule has 1 unspecified atom stereocenters. The number of aromatic hydroxyl groups is 1. The van der Waals surface area contributed by atoms with E-state index in [1.807, 2.05) is 30.3 Å². The van der Waals surface area contributed by atoms with Crippen LogP contribution in [0, 0.1) is 21.4 Å². The number of carbonyl (C=O) groups excluding carboxylic acids is 1. The molecule has 2 amide bonds. The molecule has 9 heteroatoms. The van der Waals surface area contributed by atoms with Gasteiger partial charge in [-0.2, -0.15) is 5.26 Å². The maximum absolute atomic E-state index is 12.7. The Labute approximate surface area is 195 Å². The molecule has 0 fully saturated rings. The summed E-state index contributed by atoms with van der Waals surface area (Å²) in [7, 11) is 0. The number of nitrogens with zero attached hydrogens (tertiary/aromatic N) is 2. The number of carbonyl (C=O) groups is 1. The number of ether oxygens (including phenoxy) is 1. The van der Waals surface area contributed by atoms with Gasteiger partial charge in [-0.15, -0.1) is 0 Å². The molecule has 0 radical (unpaired) electrons. The first-order valence-corrected chi connectivity index (χ1v) is 10.4. The molecule has 0 aliphatic carbocycles. The van der Waals surface area contributed by atoms with Crippen molar-refractivity contribution in [2.75, 3.05) is 6.61 Å². The molecule has 170 valence electrons. The number of phenolic OH excluding ortho intramolecular Hbond substituents is 1. The van der Waals surface area contributed by atoms with Gasteiger partial charge in [-0.1, -0.05) is 42.5 Å². The van der Waals surface area contributed by atoms with Crippen molar-refractivity contribution in [2.45, 2.75) is 13.0 Å². The molecule has 1 heterocycles. The standard InChI is InChI=1S/C25H20N4O5/c1-2-34-20-13-18(12-19(24(20)30)29(32)33)23-21(17-10-6-7-15(11-17)14-26)22(27-25(31)28-23)16-8-4-3-5-9-16/h3-13,23,30H,2H2,1H3,(H2,27,28,31). The number of hydrogen-bond donors (Lipinski definition) is 3. The highest BCUT2D eigenvalue weighted by Crippen LogP contribution is 2.44. The summed E-state index contributed by atoms with van der Waals surface area (Å²) in [6, 6.07) is 19.5. The Morgan fingerprint density at radius 3 is 2.53 bits per heavy atom. The number of urea groups is 1. The fourth-order valence-corrected chi connectivity index (χ4v) is 3.90. The lowest BCUT2D eigenvalue weighted by Crippen LogP contribution is -2.43. The van der Waals surface area contributed by atoms with Gasteiger partial charge in [0.2, 0.25) is 5.75 Å². The summed E-state index contributed by atoms with van der Waals surface area (Å²) in [5, 5.41) is 37.1.